The van der Waals surface area contributed by atoms with Gasteiger partial charge in [-0.25, -0.2) is 4.98 Å². The van der Waals surface area contributed by atoms with E-state index in [1.54, 1.807) is 11.8 Å². The number of aromatic amines is 1. The van der Waals surface area contributed by atoms with Gasteiger partial charge in [0.05, 0.1) is 18.1 Å². The van der Waals surface area contributed by atoms with E-state index < -0.39 is 0 Å². The molecule has 0 aliphatic rings. The molecule has 2 aromatic heterocycles. The summed E-state index contributed by atoms with van der Waals surface area (Å²) < 4.78 is 6.75. The molecule has 2 heterocycles. The van der Waals surface area contributed by atoms with Crippen LogP contribution >= 0.6 is 0 Å². The molecule has 0 spiro atoms. The largest absolute Gasteiger partial charge is 0.497 e. The monoisotopic (exact) mass is 292 g/mol. The van der Waals surface area contributed by atoms with Gasteiger partial charge in [-0.1, -0.05) is 12.1 Å². The number of hydrogen-bond donors (Lipinski definition) is 1. The van der Waals surface area contributed by atoms with E-state index in [1.807, 2.05) is 48.5 Å². The van der Waals surface area contributed by atoms with E-state index in [0.717, 1.165) is 22.3 Å². The van der Waals surface area contributed by atoms with Gasteiger partial charge in [0.1, 0.15) is 5.75 Å². The molecule has 108 valence electrons. The van der Waals surface area contributed by atoms with E-state index in [0.29, 0.717) is 11.8 Å². The standard InChI is InChI=1S/C15H12N6O/c1-22-11-8-6-10(7-9-11)14-18-19-20-21(14)15-16-12-4-2-3-5-13(12)17-15/h2-9H,1H3,(H,16,17). The van der Waals surface area contributed by atoms with Crippen molar-refractivity contribution in [2.24, 2.45) is 0 Å². The Morgan fingerprint density at radius 1 is 1.05 bits per heavy atom. The van der Waals surface area contributed by atoms with E-state index in [2.05, 4.69) is 25.5 Å². The van der Waals surface area contributed by atoms with Crippen molar-refractivity contribution < 1.29 is 4.74 Å². The lowest BCUT2D eigenvalue weighted by molar-refractivity contribution is 0.415. The number of benzene rings is 2. The Morgan fingerprint density at radius 3 is 2.64 bits per heavy atom. The van der Waals surface area contributed by atoms with Gasteiger partial charge in [-0.3, -0.25) is 0 Å². The Kier molecular flexibility index (Phi) is 2.82. The van der Waals surface area contributed by atoms with Gasteiger partial charge in [-0.2, -0.15) is 4.68 Å². The Labute approximate surface area is 125 Å². The fraction of sp³-hybridized carbons (Fsp3) is 0.0667. The Morgan fingerprint density at radius 2 is 1.86 bits per heavy atom. The first kappa shape index (κ1) is 12.5. The lowest BCUT2D eigenvalue weighted by atomic mass is 10.2. The highest BCUT2D eigenvalue weighted by atomic mass is 16.5. The Bertz CT molecular complexity index is 892. The second-order valence-electron chi connectivity index (χ2n) is 4.72. The summed E-state index contributed by atoms with van der Waals surface area (Å²) in [4.78, 5) is 7.73. The van der Waals surface area contributed by atoms with E-state index in [1.165, 1.54) is 0 Å². The minimum absolute atomic E-state index is 0.581. The second kappa shape index (κ2) is 4.96. The maximum absolute atomic E-state index is 5.16. The average Bonchev–Trinajstić information content (AvgIpc) is 3.21. The smallest absolute Gasteiger partial charge is 0.232 e. The summed E-state index contributed by atoms with van der Waals surface area (Å²) in [6.07, 6.45) is 0. The Hall–Kier alpha value is -3.22. The summed E-state index contributed by atoms with van der Waals surface area (Å²) in [7, 11) is 1.63. The van der Waals surface area contributed by atoms with Crippen molar-refractivity contribution in [3.8, 4) is 23.1 Å². The molecular formula is C15H12N6O. The lowest BCUT2D eigenvalue weighted by Crippen LogP contribution is -2.01. The van der Waals surface area contributed by atoms with Crippen LogP contribution in [0.2, 0.25) is 0 Å². The van der Waals surface area contributed by atoms with Crippen LogP contribution in [-0.2, 0) is 0 Å². The third-order valence-electron chi connectivity index (χ3n) is 3.40. The molecule has 0 atom stereocenters. The third-order valence-corrected chi connectivity index (χ3v) is 3.40. The van der Waals surface area contributed by atoms with Gasteiger partial charge >= 0.3 is 0 Å². The molecule has 0 aliphatic carbocycles. The van der Waals surface area contributed by atoms with Crippen LogP contribution < -0.4 is 4.74 Å². The number of nitrogens with one attached hydrogen (secondary N) is 1. The van der Waals surface area contributed by atoms with Crippen molar-refractivity contribution in [3.63, 3.8) is 0 Å². The molecule has 0 fully saturated rings. The van der Waals surface area contributed by atoms with Crippen LogP contribution in [0.1, 0.15) is 0 Å². The van der Waals surface area contributed by atoms with Gasteiger partial charge in [0.15, 0.2) is 5.82 Å². The highest BCUT2D eigenvalue weighted by molar-refractivity contribution is 5.76. The first-order valence-electron chi connectivity index (χ1n) is 6.73. The lowest BCUT2D eigenvalue weighted by Gasteiger charge is -2.03. The van der Waals surface area contributed by atoms with Crippen LogP contribution in [0.3, 0.4) is 0 Å². The number of aromatic nitrogens is 6. The van der Waals surface area contributed by atoms with Crippen LogP contribution in [0.5, 0.6) is 5.75 Å². The summed E-state index contributed by atoms with van der Waals surface area (Å²) in [5.74, 6) is 1.98. The molecule has 22 heavy (non-hydrogen) atoms. The molecule has 2 aromatic carbocycles. The van der Waals surface area contributed by atoms with Gasteiger partial charge in [0.25, 0.3) is 0 Å². The summed E-state index contributed by atoms with van der Waals surface area (Å²) in [5.41, 5.74) is 2.69. The van der Waals surface area contributed by atoms with E-state index in [-0.39, 0.29) is 0 Å². The zero-order valence-electron chi connectivity index (χ0n) is 11.8. The van der Waals surface area contributed by atoms with E-state index in [9.17, 15) is 0 Å². The van der Waals surface area contributed by atoms with Crippen molar-refractivity contribution in [1.29, 1.82) is 0 Å². The minimum atomic E-state index is 0.581. The number of ether oxygens (including phenoxy) is 1. The van der Waals surface area contributed by atoms with E-state index >= 15 is 0 Å². The zero-order chi connectivity index (χ0) is 14.9. The number of tetrazole rings is 1. The van der Waals surface area contributed by atoms with Gasteiger partial charge in [0, 0.05) is 5.56 Å². The number of methoxy groups -OCH3 is 1. The topological polar surface area (TPSA) is 81.5 Å². The summed E-state index contributed by atoms with van der Waals surface area (Å²) in [6, 6.07) is 15.3. The number of hydrogen-bond acceptors (Lipinski definition) is 5. The van der Waals surface area contributed by atoms with Crippen molar-refractivity contribution in [2.75, 3.05) is 7.11 Å². The summed E-state index contributed by atoms with van der Waals surface area (Å²) in [5, 5.41) is 11.9. The quantitative estimate of drug-likeness (QED) is 0.626. The van der Waals surface area contributed by atoms with Crippen molar-refractivity contribution in [3.05, 3.63) is 48.5 Å². The highest BCUT2D eigenvalue weighted by Crippen LogP contribution is 2.22. The predicted octanol–water partition coefficient (Wildman–Crippen LogP) is 2.21. The zero-order valence-corrected chi connectivity index (χ0v) is 11.8. The van der Waals surface area contributed by atoms with Gasteiger partial charge in [-0.15, -0.1) is 5.10 Å². The average molecular weight is 292 g/mol. The van der Waals surface area contributed by atoms with Crippen LogP contribution in [-0.4, -0.2) is 37.3 Å². The van der Waals surface area contributed by atoms with Crippen LogP contribution in [0, 0.1) is 0 Å². The maximum atomic E-state index is 5.16. The van der Waals surface area contributed by atoms with Crippen molar-refractivity contribution in [2.45, 2.75) is 0 Å². The molecule has 4 aromatic rings. The summed E-state index contributed by atoms with van der Waals surface area (Å²) in [6.45, 7) is 0. The van der Waals surface area contributed by atoms with Gasteiger partial charge in [-0.05, 0) is 46.8 Å². The van der Waals surface area contributed by atoms with E-state index in [4.69, 9.17) is 4.74 Å². The highest BCUT2D eigenvalue weighted by Gasteiger charge is 2.14. The van der Waals surface area contributed by atoms with Crippen molar-refractivity contribution in [1.82, 2.24) is 30.2 Å². The Balaban J connectivity index is 1.81. The molecule has 0 unspecified atom stereocenters. The molecule has 0 aliphatic heterocycles. The molecule has 0 radical (unpaired) electrons. The fourth-order valence-corrected chi connectivity index (χ4v) is 2.29. The normalized spacial score (nSPS) is 11.0. The van der Waals surface area contributed by atoms with Gasteiger partial charge in [0.2, 0.25) is 5.95 Å². The number of para-hydroxylation sites is 2. The molecule has 0 saturated carbocycles. The molecular weight excluding hydrogens is 280 g/mol. The number of imidazole rings is 1. The number of H-pyrrole nitrogens is 1. The molecule has 0 bridgehead atoms. The maximum Gasteiger partial charge on any atom is 0.232 e. The third kappa shape index (κ3) is 1.99. The summed E-state index contributed by atoms with van der Waals surface area (Å²) >= 11 is 0. The first-order chi connectivity index (χ1) is 10.8. The van der Waals surface area contributed by atoms with Crippen molar-refractivity contribution >= 4 is 11.0 Å². The molecule has 7 nitrogen and oxygen atoms in total. The fourth-order valence-electron chi connectivity index (χ4n) is 2.29. The molecule has 0 amide bonds. The van der Waals surface area contributed by atoms with Crippen LogP contribution in [0.15, 0.2) is 48.5 Å². The molecule has 0 saturated heterocycles. The van der Waals surface area contributed by atoms with Crippen LogP contribution in [0.25, 0.3) is 28.4 Å². The predicted molar refractivity (Wildman–Crippen MR) is 80.8 cm³/mol. The molecule has 7 heteroatoms. The SMILES string of the molecule is COc1ccc(-c2nnnn2-c2nc3ccccc3[nH]2)cc1. The molecule has 4 rings (SSSR count). The first-order valence-corrected chi connectivity index (χ1v) is 6.73. The number of nitrogens with zero attached hydrogens (tertiary/aromatic N) is 5. The van der Waals surface area contributed by atoms with Gasteiger partial charge < -0.3 is 9.72 Å². The molecule has 1 N–H and O–H groups in total. The number of rotatable bonds is 3. The minimum Gasteiger partial charge on any atom is -0.497 e. The second-order valence-corrected chi connectivity index (χ2v) is 4.72. The van der Waals surface area contributed by atoms with Crippen LogP contribution in [0.4, 0.5) is 0 Å². The number of fused-ring (bicyclic) bond motifs is 1.